The van der Waals surface area contributed by atoms with Gasteiger partial charge in [0.05, 0.1) is 0 Å². The van der Waals surface area contributed by atoms with Crippen molar-refractivity contribution in [1.82, 2.24) is 9.88 Å². The maximum absolute atomic E-state index is 12.8. The van der Waals surface area contributed by atoms with Crippen molar-refractivity contribution < 1.29 is 4.79 Å². The van der Waals surface area contributed by atoms with E-state index in [0.717, 1.165) is 29.3 Å². The van der Waals surface area contributed by atoms with Crippen LogP contribution >= 0.6 is 0 Å². The standard InChI is InChI=1S/C17H20N2O/c1-2-11-19(15-5-3-4-6-15)17(20)14-7-8-16-13(12-14)9-10-18-16/h2,7-10,12,15,18H,1,3-6,11H2. The summed E-state index contributed by atoms with van der Waals surface area (Å²) in [6.07, 6.45) is 8.41. The molecule has 1 fully saturated rings. The molecule has 1 aliphatic carbocycles. The van der Waals surface area contributed by atoms with Crippen LogP contribution in [0.25, 0.3) is 10.9 Å². The third-order valence-electron chi connectivity index (χ3n) is 4.15. The van der Waals surface area contributed by atoms with Crippen LogP contribution in [0.1, 0.15) is 36.0 Å². The fourth-order valence-corrected chi connectivity index (χ4v) is 3.10. The molecule has 3 rings (SSSR count). The highest BCUT2D eigenvalue weighted by molar-refractivity contribution is 5.98. The summed E-state index contributed by atoms with van der Waals surface area (Å²) in [5.41, 5.74) is 1.84. The molecule has 1 saturated carbocycles. The van der Waals surface area contributed by atoms with Crippen molar-refractivity contribution >= 4 is 16.8 Å². The lowest BCUT2D eigenvalue weighted by Crippen LogP contribution is -2.38. The first-order chi connectivity index (χ1) is 9.79. The summed E-state index contributed by atoms with van der Waals surface area (Å²) >= 11 is 0. The number of rotatable bonds is 4. The Bertz CT molecular complexity index is 623. The molecule has 1 aromatic carbocycles. The average molecular weight is 268 g/mol. The number of hydrogen-bond donors (Lipinski definition) is 1. The summed E-state index contributed by atoms with van der Waals surface area (Å²) in [6, 6.07) is 8.23. The van der Waals surface area contributed by atoms with Crippen molar-refractivity contribution in [2.24, 2.45) is 0 Å². The molecule has 0 unspecified atom stereocenters. The van der Waals surface area contributed by atoms with E-state index in [1.807, 2.05) is 41.4 Å². The van der Waals surface area contributed by atoms with E-state index in [2.05, 4.69) is 11.6 Å². The van der Waals surface area contributed by atoms with Crippen LogP contribution in [0.2, 0.25) is 0 Å². The minimum atomic E-state index is 0.125. The first-order valence-electron chi connectivity index (χ1n) is 7.28. The summed E-state index contributed by atoms with van der Waals surface area (Å²) in [5, 5.41) is 1.08. The maximum Gasteiger partial charge on any atom is 0.254 e. The number of aromatic amines is 1. The van der Waals surface area contributed by atoms with Crippen molar-refractivity contribution in [3.05, 3.63) is 48.7 Å². The SMILES string of the molecule is C=CCN(C(=O)c1ccc2[nH]ccc2c1)C1CCCC1. The van der Waals surface area contributed by atoms with E-state index in [-0.39, 0.29) is 5.91 Å². The van der Waals surface area contributed by atoms with Crippen molar-refractivity contribution in [2.75, 3.05) is 6.54 Å². The molecule has 0 radical (unpaired) electrons. The van der Waals surface area contributed by atoms with Crippen LogP contribution in [0, 0.1) is 0 Å². The zero-order chi connectivity index (χ0) is 13.9. The van der Waals surface area contributed by atoms with Gasteiger partial charge in [-0.15, -0.1) is 6.58 Å². The first kappa shape index (κ1) is 13.0. The third-order valence-corrected chi connectivity index (χ3v) is 4.15. The van der Waals surface area contributed by atoms with Crippen LogP contribution in [-0.2, 0) is 0 Å². The Hall–Kier alpha value is -2.03. The summed E-state index contributed by atoms with van der Waals surface area (Å²) in [7, 11) is 0. The molecular formula is C17H20N2O. The number of H-pyrrole nitrogens is 1. The van der Waals surface area contributed by atoms with Crippen molar-refractivity contribution in [3.8, 4) is 0 Å². The third kappa shape index (κ3) is 2.36. The number of nitrogens with one attached hydrogen (secondary N) is 1. The Morgan fingerprint density at radius 3 is 2.90 bits per heavy atom. The minimum Gasteiger partial charge on any atom is -0.361 e. The molecule has 20 heavy (non-hydrogen) atoms. The molecule has 0 atom stereocenters. The zero-order valence-corrected chi connectivity index (χ0v) is 11.6. The summed E-state index contributed by atoms with van der Waals surface area (Å²) in [5.74, 6) is 0.125. The summed E-state index contributed by atoms with van der Waals surface area (Å²) in [6.45, 7) is 4.42. The molecule has 1 N–H and O–H groups in total. The fraction of sp³-hybridized carbons (Fsp3) is 0.353. The molecule has 3 heteroatoms. The number of aromatic nitrogens is 1. The molecule has 0 saturated heterocycles. The van der Waals surface area contributed by atoms with Crippen LogP contribution in [0.5, 0.6) is 0 Å². The fourth-order valence-electron chi connectivity index (χ4n) is 3.10. The molecule has 1 aliphatic rings. The van der Waals surface area contributed by atoms with Gasteiger partial charge in [-0.1, -0.05) is 18.9 Å². The maximum atomic E-state index is 12.8. The average Bonchev–Trinajstić information content (AvgIpc) is 3.13. The van der Waals surface area contributed by atoms with Crippen molar-refractivity contribution in [1.29, 1.82) is 0 Å². The number of nitrogens with zero attached hydrogens (tertiary/aromatic N) is 1. The molecule has 1 amide bonds. The van der Waals surface area contributed by atoms with Gasteiger partial charge in [-0.25, -0.2) is 0 Å². The van der Waals surface area contributed by atoms with Gasteiger partial charge in [0.25, 0.3) is 5.91 Å². The van der Waals surface area contributed by atoms with Crippen LogP contribution in [0.4, 0.5) is 0 Å². The minimum absolute atomic E-state index is 0.125. The lowest BCUT2D eigenvalue weighted by atomic mass is 10.1. The van der Waals surface area contributed by atoms with Gasteiger partial charge in [-0.2, -0.15) is 0 Å². The molecule has 1 heterocycles. The number of hydrogen-bond acceptors (Lipinski definition) is 1. The summed E-state index contributed by atoms with van der Waals surface area (Å²) in [4.78, 5) is 17.9. The number of amides is 1. The van der Waals surface area contributed by atoms with E-state index < -0.39 is 0 Å². The number of carbonyl (C=O) groups is 1. The molecule has 0 bridgehead atoms. The van der Waals surface area contributed by atoms with Gasteiger partial charge in [0.1, 0.15) is 0 Å². The van der Waals surface area contributed by atoms with E-state index in [9.17, 15) is 4.79 Å². The molecule has 3 nitrogen and oxygen atoms in total. The van der Waals surface area contributed by atoms with Gasteiger partial charge >= 0.3 is 0 Å². The molecule has 0 spiro atoms. The van der Waals surface area contributed by atoms with Gasteiger partial charge in [0.15, 0.2) is 0 Å². The Morgan fingerprint density at radius 1 is 1.35 bits per heavy atom. The molecule has 0 aliphatic heterocycles. The highest BCUT2D eigenvalue weighted by Crippen LogP contribution is 2.25. The largest absolute Gasteiger partial charge is 0.361 e. The molecule has 2 aromatic rings. The number of fused-ring (bicyclic) bond motifs is 1. The van der Waals surface area contributed by atoms with Gasteiger partial charge < -0.3 is 9.88 Å². The highest BCUT2D eigenvalue weighted by atomic mass is 16.2. The van der Waals surface area contributed by atoms with Crippen molar-refractivity contribution in [3.63, 3.8) is 0 Å². The van der Waals surface area contributed by atoms with Crippen molar-refractivity contribution in [2.45, 2.75) is 31.7 Å². The lowest BCUT2D eigenvalue weighted by Gasteiger charge is -2.28. The second-order valence-corrected chi connectivity index (χ2v) is 5.46. The van der Waals surface area contributed by atoms with Crippen LogP contribution < -0.4 is 0 Å². The van der Waals surface area contributed by atoms with Gasteiger partial charge in [-0.05, 0) is 37.1 Å². The number of carbonyl (C=O) groups excluding carboxylic acids is 1. The van der Waals surface area contributed by atoms with Crippen LogP contribution in [-0.4, -0.2) is 28.4 Å². The monoisotopic (exact) mass is 268 g/mol. The highest BCUT2D eigenvalue weighted by Gasteiger charge is 2.26. The molecule has 104 valence electrons. The second kappa shape index (κ2) is 5.53. The Labute approximate surface area is 119 Å². The molecule has 1 aromatic heterocycles. The van der Waals surface area contributed by atoms with Crippen LogP contribution in [0.15, 0.2) is 43.1 Å². The Kier molecular flexibility index (Phi) is 3.59. The number of benzene rings is 1. The van der Waals surface area contributed by atoms with E-state index in [1.54, 1.807) is 0 Å². The van der Waals surface area contributed by atoms with E-state index in [4.69, 9.17) is 0 Å². The lowest BCUT2D eigenvalue weighted by molar-refractivity contribution is 0.0706. The zero-order valence-electron chi connectivity index (χ0n) is 11.6. The van der Waals surface area contributed by atoms with Gasteiger partial charge in [0.2, 0.25) is 0 Å². The van der Waals surface area contributed by atoms with Crippen LogP contribution in [0.3, 0.4) is 0 Å². The predicted molar refractivity (Wildman–Crippen MR) is 81.8 cm³/mol. The van der Waals surface area contributed by atoms with E-state index >= 15 is 0 Å². The Morgan fingerprint density at radius 2 is 2.15 bits per heavy atom. The van der Waals surface area contributed by atoms with Gasteiger partial charge in [-0.3, -0.25) is 4.79 Å². The van der Waals surface area contributed by atoms with E-state index in [0.29, 0.717) is 12.6 Å². The predicted octanol–water partition coefficient (Wildman–Crippen LogP) is 3.74. The Balaban J connectivity index is 1.88. The van der Waals surface area contributed by atoms with E-state index in [1.165, 1.54) is 12.8 Å². The van der Waals surface area contributed by atoms with Gasteiger partial charge in [0, 0.05) is 35.2 Å². The first-order valence-corrected chi connectivity index (χ1v) is 7.28. The summed E-state index contributed by atoms with van der Waals surface area (Å²) < 4.78 is 0. The second-order valence-electron chi connectivity index (χ2n) is 5.46. The normalized spacial score (nSPS) is 15.6. The topological polar surface area (TPSA) is 36.1 Å². The molecular weight excluding hydrogens is 248 g/mol. The smallest absolute Gasteiger partial charge is 0.254 e. The quantitative estimate of drug-likeness (QED) is 0.842.